The molecule has 0 amide bonds. The Labute approximate surface area is 218 Å². The number of nitrogens with zero attached hydrogens (tertiary/aromatic N) is 1. The molecule has 1 aromatic heterocycles. The van der Waals surface area contributed by atoms with Crippen molar-refractivity contribution in [3.63, 3.8) is 0 Å². The lowest BCUT2D eigenvalue weighted by molar-refractivity contribution is 0.326. The van der Waals surface area contributed by atoms with Gasteiger partial charge in [-0.15, -0.1) is 0 Å². The fourth-order valence-corrected chi connectivity index (χ4v) is 4.56. The van der Waals surface area contributed by atoms with E-state index < -0.39 is 42.7 Å². The van der Waals surface area contributed by atoms with Gasteiger partial charge in [0.25, 0.3) is 0 Å². The van der Waals surface area contributed by atoms with E-state index >= 15 is 0 Å². The van der Waals surface area contributed by atoms with Crippen molar-refractivity contribution in [2.24, 2.45) is 10.8 Å². The van der Waals surface area contributed by atoms with Crippen molar-refractivity contribution in [2.45, 2.75) is 52.6 Å². The van der Waals surface area contributed by atoms with Crippen LogP contribution in [0.3, 0.4) is 0 Å². The first-order valence-corrected chi connectivity index (χ1v) is 11.6. The van der Waals surface area contributed by atoms with Crippen molar-refractivity contribution in [1.29, 1.82) is 0 Å². The third kappa shape index (κ3) is 4.09. The lowest BCUT2D eigenvalue weighted by Gasteiger charge is -2.21. The van der Waals surface area contributed by atoms with Crippen LogP contribution in [-0.2, 0) is 31.9 Å². The first kappa shape index (κ1) is 13.0. The highest BCUT2D eigenvalue weighted by molar-refractivity contribution is 5.72. The van der Waals surface area contributed by atoms with Crippen molar-refractivity contribution in [3.8, 4) is 22.4 Å². The summed E-state index contributed by atoms with van der Waals surface area (Å²) >= 11 is 0. The van der Waals surface area contributed by atoms with Gasteiger partial charge in [-0.05, 0) is 93.8 Å². The summed E-state index contributed by atoms with van der Waals surface area (Å²) in [6, 6.07) is 21.5. The second-order valence-corrected chi connectivity index (χ2v) is 9.94. The minimum Gasteiger partial charge on any atom is -0.256 e. The predicted molar refractivity (Wildman–Crippen MR) is 142 cm³/mol. The molecule has 4 aromatic rings. The molecule has 34 heavy (non-hydrogen) atoms. The second kappa shape index (κ2) is 7.94. The average Bonchev–Trinajstić information content (AvgIpc) is 3.21. The largest absolute Gasteiger partial charge is 0.256 e. The van der Waals surface area contributed by atoms with Crippen LogP contribution in [0.1, 0.15) is 62.3 Å². The van der Waals surface area contributed by atoms with E-state index in [9.17, 15) is 5.48 Å². The number of rotatable bonds is 3. The summed E-state index contributed by atoms with van der Waals surface area (Å²) in [5, 5.41) is 0. The van der Waals surface area contributed by atoms with Crippen LogP contribution in [0.25, 0.3) is 22.4 Å². The number of fused-ring (bicyclic) bond motifs is 2. The molecule has 170 valence electrons. The Bertz CT molecular complexity index is 1750. The van der Waals surface area contributed by atoms with Gasteiger partial charge in [-0.25, -0.2) is 0 Å². The Balaban J connectivity index is 1.44. The van der Waals surface area contributed by atoms with Gasteiger partial charge in [0.1, 0.15) is 0 Å². The molecule has 0 saturated carbocycles. The molecule has 1 nitrogen and oxygen atoms in total. The average molecular weight is 454 g/mol. The van der Waals surface area contributed by atoms with Crippen LogP contribution < -0.4 is 0 Å². The number of hydrogen-bond donors (Lipinski definition) is 0. The van der Waals surface area contributed by atoms with Crippen molar-refractivity contribution in [3.05, 3.63) is 113 Å². The van der Waals surface area contributed by atoms with Crippen LogP contribution in [-0.4, -0.2) is 4.98 Å². The molecule has 1 heterocycles. The first-order chi connectivity index (χ1) is 20.2. The molecule has 0 aliphatic heterocycles. The molecule has 0 unspecified atom stereocenters. The third-order valence-electron chi connectivity index (χ3n) is 6.01. The van der Waals surface area contributed by atoms with Gasteiger partial charge in [0.2, 0.25) is 0 Å². The molecule has 0 atom stereocenters. The van der Waals surface area contributed by atoms with Crippen molar-refractivity contribution in [1.82, 2.24) is 4.98 Å². The molecule has 2 aliphatic carbocycles. The number of benzene rings is 3. The Kier molecular flexibility index (Phi) is 3.05. The maximum atomic E-state index is 9.31. The number of pyridine rings is 1. The molecule has 0 radical (unpaired) electrons. The summed E-state index contributed by atoms with van der Waals surface area (Å²) in [4.78, 5) is 4.53. The molecule has 1 spiro atoms. The maximum absolute atomic E-state index is 9.31. The molecule has 0 N–H and O–H groups in total. The SMILES string of the molecule is [2H]C([2H])(c1ccc(-c2cccc(-c3ccc4c(c3)C([2H])([2H])C3(C([2H])([2H])c5ccccc5C3([2H])[2H])C4([2H])[2H])c2)nc1)C(C)(C)C. The molecular formula is C33H33N. The van der Waals surface area contributed by atoms with Gasteiger partial charge >= 0.3 is 0 Å². The fraction of sp³-hybridized carbons (Fsp3) is 0.303. The van der Waals surface area contributed by atoms with E-state index in [0.29, 0.717) is 22.4 Å². The zero-order valence-corrected chi connectivity index (χ0v) is 19.5. The van der Waals surface area contributed by atoms with Crippen LogP contribution in [0.15, 0.2) is 85.1 Å². The Morgan fingerprint density at radius 2 is 1.38 bits per heavy atom. The molecule has 0 fully saturated rings. The summed E-state index contributed by atoms with van der Waals surface area (Å²) in [5.41, 5.74) is -0.441. The Hall–Kier alpha value is -3.19. The van der Waals surface area contributed by atoms with Gasteiger partial charge in [-0.1, -0.05) is 87.5 Å². The van der Waals surface area contributed by atoms with Crippen molar-refractivity contribution in [2.75, 3.05) is 0 Å². The minimum absolute atomic E-state index is 0.0347. The highest BCUT2D eigenvalue weighted by Gasteiger charge is 2.41. The molecular weight excluding hydrogens is 410 g/mol. The van der Waals surface area contributed by atoms with E-state index in [2.05, 4.69) is 4.98 Å². The van der Waals surface area contributed by atoms with Crippen LogP contribution in [0.4, 0.5) is 0 Å². The van der Waals surface area contributed by atoms with Crippen molar-refractivity contribution < 1.29 is 13.7 Å². The molecule has 0 saturated heterocycles. The van der Waals surface area contributed by atoms with E-state index in [4.69, 9.17) is 8.22 Å². The van der Waals surface area contributed by atoms with Gasteiger partial charge < -0.3 is 0 Å². The van der Waals surface area contributed by atoms with Gasteiger partial charge in [0, 0.05) is 25.5 Å². The van der Waals surface area contributed by atoms with Gasteiger partial charge in [0.05, 0.1) is 5.69 Å². The fourth-order valence-electron chi connectivity index (χ4n) is 4.56. The topological polar surface area (TPSA) is 12.9 Å². The normalized spacial score (nSPS) is 26.7. The lowest BCUT2D eigenvalue weighted by atomic mass is 9.82. The quantitative estimate of drug-likeness (QED) is 0.307. The highest BCUT2D eigenvalue weighted by Crippen LogP contribution is 2.47. The van der Waals surface area contributed by atoms with Crippen LogP contribution in [0.5, 0.6) is 0 Å². The van der Waals surface area contributed by atoms with Gasteiger partial charge in [-0.2, -0.15) is 0 Å². The number of aromatic nitrogens is 1. The summed E-state index contributed by atoms with van der Waals surface area (Å²) in [6.45, 7) is 5.51. The third-order valence-corrected chi connectivity index (χ3v) is 6.01. The van der Waals surface area contributed by atoms with E-state index in [-0.39, 0.29) is 22.3 Å². The lowest BCUT2D eigenvalue weighted by Crippen LogP contribution is -2.21. The van der Waals surface area contributed by atoms with Crippen LogP contribution in [0, 0.1) is 10.8 Å². The van der Waals surface area contributed by atoms with E-state index in [1.54, 1.807) is 36.5 Å². The predicted octanol–water partition coefficient (Wildman–Crippen LogP) is 7.89. The Morgan fingerprint density at radius 3 is 2.06 bits per heavy atom. The monoisotopic (exact) mass is 453 g/mol. The minimum atomic E-state index is -2.73. The standard InChI is InChI=1S/C33H33N/c1-32(2,3)17-23-11-14-31(34-22-23)26-10-6-9-24(15-26)25-12-13-29-20-33(21-30(29)16-25)18-27-7-4-5-8-28(27)19-33/h4-16,22H,17-21H2,1-3H3/i17D2,18D2,19D2,20D2,21D2. The van der Waals surface area contributed by atoms with Crippen LogP contribution >= 0.6 is 0 Å². The highest BCUT2D eigenvalue weighted by atomic mass is 14.7. The van der Waals surface area contributed by atoms with Crippen molar-refractivity contribution >= 4 is 0 Å². The zero-order chi connectivity index (χ0) is 32.3. The van der Waals surface area contributed by atoms with Gasteiger partial charge in [-0.3, -0.25) is 4.98 Å². The van der Waals surface area contributed by atoms with E-state index in [1.807, 2.05) is 45.0 Å². The molecule has 1 heteroatoms. The maximum Gasteiger partial charge on any atom is 0.0702 e. The van der Waals surface area contributed by atoms with E-state index in [1.165, 1.54) is 24.3 Å². The molecule has 3 aromatic carbocycles. The van der Waals surface area contributed by atoms with E-state index in [0.717, 1.165) is 5.56 Å². The summed E-state index contributed by atoms with van der Waals surface area (Å²) in [5.74, 6) is 0. The zero-order valence-electron chi connectivity index (χ0n) is 29.5. The smallest absolute Gasteiger partial charge is 0.0702 e. The summed E-state index contributed by atoms with van der Waals surface area (Å²) < 4.78 is 90.5. The van der Waals surface area contributed by atoms with Gasteiger partial charge in [0.15, 0.2) is 0 Å². The van der Waals surface area contributed by atoms with Crippen LogP contribution in [0.2, 0.25) is 0 Å². The molecule has 0 bridgehead atoms. The second-order valence-electron chi connectivity index (χ2n) is 9.94. The summed E-state index contributed by atoms with van der Waals surface area (Å²) in [6.07, 6.45) is -10.8. The summed E-state index contributed by atoms with van der Waals surface area (Å²) in [7, 11) is 0. The molecule has 2 aliphatic rings. The number of hydrogen-bond acceptors (Lipinski definition) is 1. The molecule has 6 rings (SSSR count). The Morgan fingerprint density at radius 1 is 0.735 bits per heavy atom. The first-order valence-electron chi connectivity index (χ1n) is 16.6.